The Kier molecular flexibility index (Phi) is 5.63. The Hall–Kier alpha value is -4.67. The number of halogens is 3. The number of anilines is 1. The first-order valence-corrected chi connectivity index (χ1v) is 11.9. The minimum Gasteiger partial charge on any atom is -0.436 e. The van der Waals surface area contributed by atoms with Gasteiger partial charge in [-0.15, -0.1) is 0 Å². The van der Waals surface area contributed by atoms with Crippen LogP contribution in [-0.4, -0.2) is 51.9 Å². The molecular weight excluding hydrogens is 499 g/mol. The number of oxazole rings is 1. The molecule has 11 heteroatoms. The molecular formula is C27H20F3N5O3. The molecule has 6 rings (SSSR count). The van der Waals surface area contributed by atoms with Crippen LogP contribution in [0.1, 0.15) is 15.9 Å². The number of H-pyrrole nitrogens is 1. The van der Waals surface area contributed by atoms with E-state index in [0.29, 0.717) is 59.7 Å². The SMILES string of the molecule is O=C(c1ccc2nc(-c3cccc(C(F)(F)F)c3)oc2c1)N1CCN(c2nc3ccccc3c(=O)[nH]2)CC1. The number of piperazine rings is 1. The number of aromatic nitrogens is 3. The molecule has 5 aromatic rings. The maximum absolute atomic E-state index is 13.2. The van der Waals surface area contributed by atoms with Gasteiger partial charge < -0.3 is 14.2 Å². The number of fused-ring (bicyclic) bond motifs is 2. The molecule has 3 aromatic carbocycles. The van der Waals surface area contributed by atoms with Crippen molar-refractivity contribution in [2.45, 2.75) is 6.18 Å². The molecule has 0 unspecified atom stereocenters. The van der Waals surface area contributed by atoms with E-state index >= 15 is 0 Å². The molecule has 0 atom stereocenters. The van der Waals surface area contributed by atoms with Crippen LogP contribution in [0.3, 0.4) is 0 Å². The van der Waals surface area contributed by atoms with Crippen LogP contribution < -0.4 is 10.5 Å². The molecule has 3 heterocycles. The predicted octanol–water partition coefficient (Wildman–Crippen LogP) is 4.71. The lowest BCUT2D eigenvalue weighted by molar-refractivity contribution is -0.137. The number of nitrogens with one attached hydrogen (secondary N) is 1. The van der Waals surface area contributed by atoms with E-state index in [1.165, 1.54) is 12.1 Å². The van der Waals surface area contributed by atoms with Crippen molar-refractivity contribution in [2.24, 2.45) is 0 Å². The maximum Gasteiger partial charge on any atom is 0.416 e. The number of alkyl halides is 3. The highest BCUT2D eigenvalue weighted by molar-refractivity contribution is 5.97. The number of nitrogens with zero attached hydrogens (tertiary/aromatic N) is 4. The number of carbonyl (C=O) groups is 1. The molecule has 0 spiro atoms. The monoisotopic (exact) mass is 519 g/mol. The van der Waals surface area contributed by atoms with Crippen LogP contribution in [0.5, 0.6) is 0 Å². The molecule has 1 fully saturated rings. The molecule has 2 aromatic heterocycles. The summed E-state index contributed by atoms with van der Waals surface area (Å²) >= 11 is 0. The second-order valence-corrected chi connectivity index (χ2v) is 8.97. The molecule has 1 N–H and O–H groups in total. The van der Waals surface area contributed by atoms with Crippen LogP contribution in [0.2, 0.25) is 0 Å². The van der Waals surface area contributed by atoms with E-state index in [9.17, 15) is 22.8 Å². The van der Waals surface area contributed by atoms with Crippen LogP contribution in [0.25, 0.3) is 33.5 Å². The molecule has 38 heavy (non-hydrogen) atoms. The minimum atomic E-state index is -4.48. The number of benzene rings is 3. The second kappa shape index (κ2) is 9.02. The number of aromatic amines is 1. The van der Waals surface area contributed by atoms with Crippen molar-refractivity contribution in [3.8, 4) is 11.5 Å². The number of hydrogen-bond acceptors (Lipinski definition) is 6. The summed E-state index contributed by atoms with van der Waals surface area (Å²) in [7, 11) is 0. The Bertz CT molecular complexity index is 1740. The van der Waals surface area contributed by atoms with Gasteiger partial charge in [0.25, 0.3) is 11.5 Å². The van der Waals surface area contributed by atoms with Gasteiger partial charge in [0.05, 0.1) is 16.5 Å². The fourth-order valence-corrected chi connectivity index (χ4v) is 4.54. The average Bonchev–Trinajstić information content (AvgIpc) is 3.36. The Labute approximate surface area is 213 Å². The zero-order valence-electron chi connectivity index (χ0n) is 19.8. The zero-order valence-corrected chi connectivity index (χ0v) is 19.8. The molecule has 8 nitrogen and oxygen atoms in total. The van der Waals surface area contributed by atoms with Crippen molar-refractivity contribution in [2.75, 3.05) is 31.1 Å². The fourth-order valence-electron chi connectivity index (χ4n) is 4.54. The molecule has 0 aliphatic carbocycles. The number of para-hydroxylation sites is 1. The van der Waals surface area contributed by atoms with E-state index < -0.39 is 11.7 Å². The van der Waals surface area contributed by atoms with Crippen molar-refractivity contribution < 1.29 is 22.4 Å². The smallest absolute Gasteiger partial charge is 0.416 e. The second-order valence-electron chi connectivity index (χ2n) is 8.97. The fraction of sp³-hybridized carbons (Fsp3) is 0.185. The molecule has 1 aliphatic rings. The van der Waals surface area contributed by atoms with Crippen LogP contribution in [0.4, 0.5) is 19.1 Å². The van der Waals surface area contributed by atoms with Gasteiger partial charge in [-0.05, 0) is 48.5 Å². The summed E-state index contributed by atoms with van der Waals surface area (Å²) in [6, 6.07) is 16.6. The van der Waals surface area contributed by atoms with E-state index in [4.69, 9.17) is 4.42 Å². The number of carbonyl (C=O) groups excluding carboxylic acids is 1. The van der Waals surface area contributed by atoms with Gasteiger partial charge in [-0.2, -0.15) is 13.2 Å². The van der Waals surface area contributed by atoms with Crippen LogP contribution >= 0.6 is 0 Å². The Morgan fingerprint density at radius 3 is 2.47 bits per heavy atom. The molecule has 0 radical (unpaired) electrons. The van der Waals surface area contributed by atoms with Crippen LogP contribution in [0, 0.1) is 0 Å². The summed E-state index contributed by atoms with van der Waals surface area (Å²) in [6.07, 6.45) is -4.48. The Morgan fingerprint density at radius 2 is 1.68 bits per heavy atom. The molecule has 192 valence electrons. The standard InChI is InChI=1S/C27H20F3N5O3/c28-27(29,30)18-5-3-4-16(14-18)24-31-21-9-8-17(15-22(21)38-24)25(37)34-10-12-35(13-11-34)26-32-20-7-2-1-6-19(20)23(36)33-26/h1-9,14-15H,10-13H2,(H,32,33,36). The Balaban J connectivity index is 1.18. The van der Waals surface area contributed by atoms with Gasteiger partial charge in [-0.1, -0.05) is 18.2 Å². The molecule has 0 saturated carbocycles. The number of rotatable bonds is 3. The molecule has 1 aliphatic heterocycles. The van der Waals surface area contributed by atoms with Crippen molar-refractivity contribution in [1.29, 1.82) is 0 Å². The number of hydrogen-bond donors (Lipinski definition) is 1. The summed E-state index contributed by atoms with van der Waals surface area (Å²) < 4.78 is 45.0. The third kappa shape index (κ3) is 4.36. The lowest BCUT2D eigenvalue weighted by atomic mass is 10.1. The quantitative estimate of drug-likeness (QED) is 0.371. The topological polar surface area (TPSA) is 95.3 Å². The number of amides is 1. The van der Waals surface area contributed by atoms with Gasteiger partial charge in [0.15, 0.2) is 5.58 Å². The van der Waals surface area contributed by atoms with Gasteiger partial charge >= 0.3 is 6.18 Å². The van der Waals surface area contributed by atoms with E-state index in [1.807, 2.05) is 11.0 Å². The summed E-state index contributed by atoms with van der Waals surface area (Å²) in [5, 5.41) is 0.518. The van der Waals surface area contributed by atoms with Gasteiger partial charge in [0.2, 0.25) is 11.8 Å². The summed E-state index contributed by atoms with van der Waals surface area (Å²) in [6.45, 7) is 1.80. The first-order chi connectivity index (χ1) is 18.3. The Morgan fingerprint density at radius 1 is 0.895 bits per heavy atom. The first-order valence-electron chi connectivity index (χ1n) is 11.9. The summed E-state index contributed by atoms with van der Waals surface area (Å²) in [5.74, 6) is 0.302. The van der Waals surface area contributed by atoms with Gasteiger partial charge in [-0.25, -0.2) is 9.97 Å². The normalized spacial score (nSPS) is 14.4. The third-order valence-electron chi connectivity index (χ3n) is 6.54. The van der Waals surface area contributed by atoms with Crippen LogP contribution in [0.15, 0.2) is 75.9 Å². The van der Waals surface area contributed by atoms with Gasteiger partial charge in [-0.3, -0.25) is 14.6 Å². The zero-order chi connectivity index (χ0) is 26.4. The van der Waals surface area contributed by atoms with Crippen molar-refractivity contribution in [3.05, 3.63) is 88.2 Å². The minimum absolute atomic E-state index is 0.0428. The third-order valence-corrected chi connectivity index (χ3v) is 6.54. The van der Waals surface area contributed by atoms with Crippen molar-refractivity contribution >= 4 is 33.9 Å². The summed E-state index contributed by atoms with van der Waals surface area (Å²) in [4.78, 5) is 40.9. The van der Waals surface area contributed by atoms with Crippen molar-refractivity contribution in [1.82, 2.24) is 19.9 Å². The molecule has 1 saturated heterocycles. The first kappa shape index (κ1) is 23.7. The summed E-state index contributed by atoms with van der Waals surface area (Å²) in [5.41, 5.74) is 0.916. The molecule has 1 amide bonds. The van der Waals surface area contributed by atoms with Crippen molar-refractivity contribution in [3.63, 3.8) is 0 Å². The largest absolute Gasteiger partial charge is 0.436 e. The van der Waals surface area contributed by atoms with E-state index in [0.717, 1.165) is 12.1 Å². The molecule has 0 bridgehead atoms. The van der Waals surface area contributed by atoms with E-state index in [1.54, 1.807) is 41.3 Å². The van der Waals surface area contributed by atoms with Gasteiger partial charge in [0, 0.05) is 37.3 Å². The maximum atomic E-state index is 13.2. The lowest BCUT2D eigenvalue weighted by Crippen LogP contribution is -2.49. The highest BCUT2D eigenvalue weighted by atomic mass is 19.4. The van der Waals surface area contributed by atoms with Gasteiger partial charge in [0.1, 0.15) is 5.52 Å². The average molecular weight is 519 g/mol. The van der Waals surface area contributed by atoms with Crippen LogP contribution in [-0.2, 0) is 6.18 Å². The van der Waals surface area contributed by atoms with E-state index in [-0.39, 0.29) is 22.9 Å². The lowest BCUT2D eigenvalue weighted by Gasteiger charge is -2.35. The van der Waals surface area contributed by atoms with E-state index in [2.05, 4.69) is 15.0 Å². The highest BCUT2D eigenvalue weighted by Gasteiger charge is 2.31. The highest BCUT2D eigenvalue weighted by Crippen LogP contribution is 2.33. The predicted molar refractivity (Wildman–Crippen MR) is 135 cm³/mol.